The summed E-state index contributed by atoms with van der Waals surface area (Å²) in [5, 5.41) is 10.5. The largest absolute Gasteiger partial charge is 0.497 e. The summed E-state index contributed by atoms with van der Waals surface area (Å²) < 4.78 is 32.1. The van der Waals surface area contributed by atoms with Gasteiger partial charge in [-0.1, -0.05) is 30.3 Å². The summed E-state index contributed by atoms with van der Waals surface area (Å²) in [4.78, 5) is 18.0. The molecule has 0 radical (unpaired) electrons. The second-order valence-electron chi connectivity index (χ2n) is 8.56. The first-order valence-electron chi connectivity index (χ1n) is 11.9. The Balaban J connectivity index is 1.43. The second kappa shape index (κ2) is 10.6. The maximum absolute atomic E-state index is 14.0. The van der Waals surface area contributed by atoms with Gasteiger partial charge >= 0.3 is 0 Å². The number of carbonyl (C=O) groups excluding carboxylic acids is 1. The van der Waals surface area contributed by atoms with E-state index in [1.54, 1.807) is 60.3 Å². The Hall–Kier alpha value is -4.86. The van der Waals surface area contributed by atoms with Crippen LogP contribution in [0.2, 0.25) is 0 Å². The molecule has 0 aliphatic carbocycles. The molecule has 10 heteroatoms. The van der Waals surface area contributed by atoms with Crippen LogP contribution in [0.15, 0.2) is 84.3 Å². The zero-order valence-corrected chi connectivity index (χ0v) is 21.1. The van der Waals surface area contributed by atoms with Crippen molar-refractivity contribution in [3.05, 3.63) is 101 Å². The number of ether oxygens (including phenoxy) is 3. The van der Waals surface area contributed by atoms with E-state index < -0.39 is 6.04 Å². The molecule has 1 aliphatic heterocycles. The van der Waals surface area contributed by atoms with Crippen molar-refractivity contribution >= 4 is 17.5 Å². The fourth-order valence-electron chi connectivity index (χ4n) is 4.32. The number of rotatable bonds is 8. The predicted molar refractivity (Wildman–Crippen MR) is 140 cm³/mol. The van der Waals surface area contributed by atoms with E-state index in [2.05, 4.69) is 20.7 Å². The molecule has 2 N–H and O–H groups in total. The molecule has 194 valence electrons. The Labute approximate surface area is 218 Å². The molecule has 1 atom stereocenters. The molecule has 0 fully saturated rings. The van der Waals surface area contributed by atoms with E-state index in [0.717, 1.165) is 5.56 Å². The minimum atomic E-state index is -0.564. The fourth-order valence-corrected chi connectivity index (χ4v) is 4.32. The first kappa shape index (κ1) is 24.8. The van der Waals surface area contributed by atoms with Crippen LogP contribution in [-0.2, 0) is 11.4 Å². The Bertz CT molecular complexity index is 1500. The van der Waals surface area contributed by atoms with E-state index in [-0.39, 0.29) is 18.3 Å². The number of nitrogens with one attached hydrogen (secondary N) is 2. The molecule has 1 aromatic heterocycles. The summed E-state index contributed by atoms with van der Waals surface area (Å²) in [5.41, 5.74) is 2.81. The van der Waals surface area contributed by atoms with Crippen LogP contribution in [0.3, 0.4) is 0 Å². The van der Waals surface area contributed by atoms with Gasteiger partial charge in [-0.3, -0.25) is 4.79 Å². The summed E-state index contributed by atoms with van der Waals surface area (Å²) in [6.07, 6.45) is 1.43. The monoisotopic (exact) mass is 515 g/mol. The third-order valence-corrected chi connectivity index (χ3v) is 6.24. The third-order valence-electron chi connectivity index (χ3n) is 6.24. The number of hydrogen-bond donors (Lipinski definition) is 2. The van der Waals surface area contributed by atoms with Gasteiger partial charge in [0.2, 0.25) is 5.95 Å². The van der Waals surface area contributed by atoms with Gasteiger partial charge in [0.1, 0.15) is 42.0 Å². The van der Waals surface area contributed by atoms with Gasteiger partial charge in [-0.25, -0.2) is 9.07 Å². The number of aromatic nitrogens is 3. The second-order valence-corrected chi connectivity index (χ2v) is 8.56. The molecule has 3 aromatic carbocycles. The molecule has 1 aliphatic rings. The van der Waals surface area contributed by atoms with E-state index in [4.69, 9.17) is 14.2 Å². The molecule has 1 unspecified atom stereocenters. The number of nitrogens with zero attached hydrogens (tertiary/aromatic N) is 3. The van der Waals surface area contributed by atoms with Crippen LogP contribution < -0.4 is 24.8 Å². The van der Waals surface area contributed by atoms with Crippen molar-refractivity contribution in [1.29, 1.82) is 0 Å². The SMILES string of the molecule is COc1ccc(OC)c(NC(=O)C2=C(C)Nc3ncnn3C2c2ccc(OCc3ccccc3F)cc2)c1. The lowest BCUT2D eigenvalue weighted by molar-refractivity contribution is -0.113. The van der Waals surface area contributed by atoms with Gasteiger partial charge in [-0.05, 0) is 42.8 Å². The molecule has 0 bridgehead atoms. The smallest absolute Gasteiger partial charge is 0.255 e. The van der Waals surface area contributed by atoms with Gasteiger partial charge in [0, 0.05) is 17.3 Å². The molecule has 9 nitrogen and oxygen atoms in total. The summed E-state index contributed by atoms with van der Waals surface area (Å²) in [6, 6.07) is 18.4. The Kier molecular flexibility index (Phi) is 6.94. The number of methoxy groups -OCH3 is 2. The molecule has 1 amide bonds. The van der Waals surface area contributed by atoms with Gasteiger partial charge < -0.3 is 24.8 Å². The van der Waals surface area contributed by atoms with Crippen molar-refractivity contribution < 1.29 is 23.4 Å². The normalized spacial score (nSPS) is 14.4. The first-order valence-corrected chi connectivity index (χ1v) is 11.9. The zero-order valence-electron chi connectivity index (χ0n) is 21.1. The quantitative estimate of drug-likeness (QED) is 0.343. The summed E-state index contributed by atoms with van der Waals surface area (Å²) in [5.74, 6) is 1.50. The number of allylic oxidation sites excluding steroid dienone is 1. The molecule has 0 spiro atoms. The lowest BCUT2D eigenvalue weighted by Crippen LogP contribution is -2.31. The van der Waals surface area contributed by atoms with E-state index in [1.165, 1.54) is 19.5 Å². The van der Waals surface area contributed by atoms with Crippen LogP contribution in [0.25, 0.3) is 0 Å². The van der Waals surface area contributed by atoms with E-state index in [0.29, 0.717) is 45.7 Å². The Morgan fingerprint density at radius 2 is 1.82 bits per heavy atom. The lowest BCUT2D eigenvalue weighted by atomic mass is 9.95. The maximum Gasteiger partial charge on any atom is 0.255 e. The topological polar surface area (TPSA) is 99.5 Å². The van der Waals surface area contributed by atoms with Crippen molar-refractivity contribution in [3.63, 3.8) is 0 Å². The van der Waals surface area contributed by atoms with Crippen LogP contribution in [-0.4, -0.2) is 34.9 Å². The number of anilines is 2. The molecular weight excluding hydrogens is 489 g/mol. The average molecular weight is 516 g/mol. The van der Waals surface area contributed by atoms with Crippen LogP contribution in [0, 0.1) is 5.82 Å². The molecule has 2 heterocycles. The van der Waals surface area contributed by atoms with Crippen molar-refractivity contribution in [2.45, 2.75) is 19.6 Å². The van der Waals surface area contributed by atoms with Gasteiger partial charge in [0.25, 0.3) is 5.91 Å². The minimum absolute atomic E-state index is 0.0988. The number of hydrogen-bond acceptors (Lipinski definition) is 7. The molecule has 38 heavy (non-hydrogen) atoms. The molecule has 4 aromatic rings. The van der Waals surface area contributed by atoms with E-state index in [9.17, 15) is 9.18 Å². The number of carbonyl (C=O) groups is 1. The zero-order chi connectivity index (χ0) is 26.6. The molecule has 5 rings (SSSR count). The van der Waals surface area contributed by atoms with Crippen LogP contribution >= 0.6 is 0 Å². The van der Waals surface area contributed by atoms with Gasteiger partial charge in [0.05, 0.1) is 25.5 Å². The molecule has 0 saturated carbocycles. The third kappa shape index (κ3) is 4.88. The van der Waals surface area contributed by atoms with Gasteiger partial charge in [0.15, 0.2) is 0 Å². The Morgan fingerprint density at radius 1 is 1.05 bits per heavy atom. The highest BCUT2D eigenvalue weighted by molar-refractivity contribution is 6.06. The summed E-state index contributed by atoms with van der Waals surface area (Å²) in [6.45, 7) is 1.91. The number of halogens is 1. The molecular formula is C28H26FN5O4. The minimum Gasteiger partial charge on any atom is -0.497 e. The van der Waals surface area contributed by atoms with Crippen molar-refractivity contribution in [1.82, 2.24) is 14.8 Å². The van der Waals surface area contributed by atoms with Crippen molar-refractivity contribution in [3.8, 4) is 17.2 Å². The van der Waals surface area contributed by atoms with Crippen LogP contribution in [0.5, 0.6) is 17.2 Å². The lowest BCUT2D eigenvalue weighted by Gasteiger charge is -2.29. The van der Waals surface area contributed by atoms with Gasteiger partial charge in [-0.15, -0.1) is 0 Å². The number of amides is 1. The highest BCUT2D eigenvalue weighted by Gasteiger charge is 2.33. The predicted octanol–water partition coefficient (Wildman–Crippen LogP) is 4.94. The molecule has 0 saturated heterocycles. The van der Waals surface area contributed by atoms with Crippen molar-refractivity contribution in [2.75, 3.05) is 24.9 Å². The van der Waals surface area contributed by atoms with Crippen LogP contribution in [0.4, 0.5) is 16.0 Å². The summed E-state index contributed by atoms with van der Waals surface area (Å²) in [7, 11) is 3.08. The van der Waals surface area contributed by atoms with Crippen molar-refractivity contribution in [2.24, 2.45) is 0 Å². The number of benzene rings is 3. The maximum atomic E-state index is 14.0. The van der Waals surface area contributed by atoms with E-state index >= 15 is 0 Å². The first-order chi connectivity index (χ1) is 18.5. The highest BCUT2D eigenvalue weighted by atomic mass is 19.1. The number of fused-ring (bicyclic) bond motifs is 1. The Morgan fingerprint density at radius 3 is 2.55 bits per heavy atom. The summed E-state index contributed by atoms with van der Waals surface area (Å²) >= 11 is 0. The fraction of sp³-hybridized carbons (Fsp3) is 0.179. The van der Waals surface area contributed by atoms with Gasteiger partial charge in [-0.2, -0.15) is 10.1 Å². The average Bonchev–Trinajstić information content (AvgIpc) is 3.40. The van der Waals surface area contributed by atoms with E-state index in [1.807, 2.05) is 19.1 Å². The standard InChI is InChI=1S/C28H26FN5O4/c1-17-25(27(35)33-23-14-21(36-2)12-13-24(23)37-3)26(34-28(32-17)30-16-31-34)18-8-10-20(11-9-18)38-15-19-6-4-5-7-22(19)29/h4-14,16,26H,15H2,1-3H3,(H,33,35)(H,30,31,32). The van der Waals surface area contributed by atoms with Crippen LogP contribution in [0.1, 0.15) is 24.1 Å². The highest BCUT2D eigenvalue weighted by Crippen LogP contribution is 2.37.